The molecule has 138 valence electrons. The van der Waals surface area contributed by atoms with E-state index in [2.05, 4.69) is 5.32 Å². The van der Waals surface area contributed by atoms with Gasteiger partial charge in [-0.25, -0.2) is 8.42 Å². The van der Waals surface area contributed by atoms with Crippen molar-refractivity contribution in [2.45, 2.75) is 17.1 Å². The van der Waals surface area contributed by atoms with Gasteiger partial charge < -0.3 is 10.2 Å². The molecular formula is C16H15F2N3O4S. The van der Waals surface area contributed by atoms with Gasteiger partial charge in [-0.3, -0.25) is 10.1 Å². The van der Waals surface area contributed by atoms with E-state index < -0.39 is 31.1 Å². The average Bonchev–Trinajstić information content (AvgIpc) is 2.95. The number of alkyl halides is 2. The molecule has 0 spiro atoms. The van der Waals surface area contributed by atoms with Crippen molar-refractivity contribution < 1.29 is 22.1 Å². The molecule has 1 aliphatic heterocycles. The summed E-state index contributed by atoms with van der Waals surface area (Å²) in [4.78, 5) is 11.7. The number of benzene rings is 2. The van der Waals surface area contributed by atoms with E-state index in [1.807, 2.05) is 24.1 Å². The number of rotatable bonds is 5. The normalized spacial score (nSPS) is 13.8. The second kappa shape index (κ2) is 6.52. The molecule has 2 aromatic carbocycles. The SMILES string of the molecule is CN1CCc2ccc(Nc3ccc(S(=O)(=O)C(F)F)cc3[N+](=O)[O-])cc21. The number of hydrogen-bond donors (Lipinski definition) is 1. The van der Waals surface area contributed by atoms with Crippen LogP contribution in [0.4, 0.5) is 31.5 Å². The molecule has 0 radical (unpaired) electrons. The van der Waals surface area contributed by atoms with Crippen LogP contribution in [-0.4, -0.2) is 32.7 Å². The van der Waals surface area contributed by atoms with Gasteiger partial charge in [0, 0.05) is 31.0 Å². The maximum atomic E-state index is 12.7. The molecule has 7 nitrogen and oxygen atoms in total. The van der Waals surface area contributed by atoms with Gasteiger partial charge in [-0.15, -0.1) is 0 Å². The largest absolute Gasteiger partial charge is 0.374 e. The molecule has 0 unspecified atom stereocenters. The quantitative estimate of drug-likeness (QED) is 0.629. The molecule has 0 bridgehead atoms. The minimum absolute atomic E-state index is 0.0174. The Hall–Kier alpha value is -2.75. The molecule has 1 N–H and O–H groups in total. The second-order valence-corrected chi connectivity index (χ2v) is 7.80. The lowest BCUT2D eigenvalue weighted by Gasteiger charge is -2.14. The molecule has 0 amide bonds. The highest BCUT2D eigenvalue weighted by atomic mass is 32.2. The Bertz CT molecular complexity index is 979. The number of nitro benzene ring substituents is 1. The Balaban J connectivity index is 1.98. The topological polar surface area (TPSA) is 92.6 Å². The van der Waals surface area contributed by atoms with Crippen molar-refractivity contribution in [3.63, 3.8) is 0 Å². The van der Waals surface area contributed by atoms with Crippen LogP contribution in [0.3, 0.4) is 0 Å². The first-order valence-corrected chi connectivity index (χ1v) is 9.16. The van der Waals surface area contributed by atoms with Gasteiger partial charge in [0.25, 0.3) is 5.69 Å². The number of nitrogens with zero attached hydrogens (tertiary/aromatic N) is 2. The molecule has 10 heteroatoms. The van der Waals surface area contributed by atoms with Gasteiger partial charge in [0.1, 0.15) is 5.69 Å². The number of sulfone groups is 1. The number of halogens is 2. The standard InChI is InChI=1S/C16H15F2N3O4S/c1-20-7-6-10-2-3-11(8-14(10)20)19-13-5-4-12(9-15(13)21(22)23)26(24,25)16(17)18/h2-5,8-9,16,19H,6-7H2,1H3. The lowest BCUT2D eigenvalue weighted by Crippen LogP contribution is -2.12. The van der Waals surface area contributed by atoms with Gasteiger partial charge >= 0.3 is 5.76 Å². The number of hydrogen-bond acceptors (Lipinski definition) is 6. The molecule has 0 saturated heterocycles. The van der Waals surface area contributed by atoms with Crippen molar-refractivity contribution in [1.82, 2.24) is 0 Å². The van der Waals surface area contributed by atoms with Gasteiger partial charge in [-0.1, -0.05) is 6.07 Å². The summed E-state index contributed by atoms with van der Waals surface area (Å²) in [6.07, 6.45) is 0.909. The van der Waals surface area contributed by atoms with E-state index in [4.69, 9.17) is 0 Å². The molecule has 1 aliphatic rings. The number of anilines is 3. The molecule has 0 aliphatic carbocycles. The van der Waals surface area contributed by atoms with E-state index in [1.165, 1.54) is 0 Å². The Labute approximate surface area is 148 Å². The summed E-state index contributed by atoms with van der Waals surface area (Å²) in [5.74, 6) is -3.65. The summed E-state index contributed by atoms with van der Waals surface area (Å²) in [5, 5.41) is 14.1. The molecule has 1 heterocycles. The zero-order valence-electron chi connectivity index (χ0n) is 13.6. The van der Waals surface area contributed by atoms with Gasteiger partial charge in [-0.2, -0.15) is 8.78 Å². The van der Waals surface area contributed by atoms with Crippen LogP contribution < -0.4 is 10.2 Å². The summed E-state index contributed by atoms with van der Waals surface area (Å²) in [6, 6.07) is 8.17. The van der Waals surface area contributed by atoms with E-state index in [9.17, 15) is 27.3 Å². The maximum Gasteiger partial charge on any atom is 0.341 e. The van der Waals surface area contributed by atoms with Crippen molar-refractivity contribution in [2.75, 3.05) is 23.8 Å². The number of likely N-dealkylation sites (N-methyl/N-ethyl adjacent to an activating group) is 1. The molecule has 3 rings (SSSR count). The van der Waals surface area contributed by atoms with Gasteiger partial charge in [0.15, 0.2) is 0 Å². The lowest BCUT2D eigenvalue weighted by atomic mass is 10.1. The highest BCUT2D eigenvalue weighted by Crippen LogP contribution is 2.34. The van der Waals surface area contributed by atoms with Crippen LogP contribution in [0.5, 0.6) is 0 Å². The summed E-state index contributed by atoms with van der Waals surface area (Å²) in [7, 11) is -2.98. The summed E-state index contributed by atoms with van der Waals surface area (Å²) in [5.41, 5.74) is 2.15. The lowest BCUT2D eigenvalue weighted by molar-refractivity contribution is -0.384. The molecule has 0 aromatic heterocycles. The maximum absolute atomic E-state index is 12.7. The van der Waals surface area contributed by atoms with E-state index in [0.717, 1.165) is 36.3 Å². The van der Waals surface area contributed by atoms with Crippen molar-refractivity contribution >= 4 is 32.6 Å². The predicted octanol–water partition coefficient (Wildman–Crippen LogP) is 3.33. The van der Waals surface area contributed by atoms with Crippen molar-refractivity contribution in [2.24, 2.45) is 0 Å². The summed E-state index contributed by atoms with van der Waals surface area (Å²) in [6.45, 7) is 0.874. The molecule has 26 heavy (non-hydrogen) atoms. The zero-order valence-corrected chi connectivity index (χ0v) is 14.5. The minimum atomic E-state index is -4.91. The first-order chi connectivity index (χ1) is 12.2. The average molecular weight is 383 g/mol. The van der Waals surface area contributed by atoms with Gasteiger partial charge in [0.2, 0.25) is 9.84 Å². The predicted molar refractivity (Wildman–Crippen MR) is 93.0 cm³/mol. The van der Waals surface area contributed by atoms with E-state index in [1.54, 1.807) is 6.07 Å². The van der Waals surface area contributed by atoms with Gasteiger partial charge in [0.05, 0.1) is 9.82 Å². The first-order valence-electron chi connectivity index (χ1n) is 7.62. The van der Waals surface area contributed by atoms with Crippen LogP contribution in [-0.2, 0) is 16.3 Å². The molecule has 0 atom stereocenters. The Morgan fingerprint density at radius 2 is 1.96 bits per heavy atom. The smallest absolute Gasteiger partial charge is 0.341 e. The monoisotopic (exact) mass is 383 g/mol. The fraction of sp³-hybridized carbons (Fsp3) is 0.250. The van der Waals surface area contributed by atoms with Crippen molar-refractivity contribution in [3.8, 4) is 0 Å². The van der Waals surface area contributed by atoms with Crippen LogP contribution in [0, 0.1) is 10.1 Å². The van der Waals surface area contributed by atoms with E-state index in [0.29, 0.717) is 11.8 Å². The third kappa shape index (κ3) is 3.19. The molecule has 2 aromatic rings. The van der Waals surface area contributed by atoms with Crippen LogP contribution in [0.2, 0.25) is 0 Å². The van der Waals surface area contributed by atoms with Crippen molar-refractivity contribution in [1.29, 1.82) is 0 Å². The first kappa shape index (κ1) is 18.1. The van der Waals surface area contributed by atoms with E-state index >= 15 is 0 Å². The summed E-state index contributed by atoms with van der Waals surface area (Å²) >= 11 is 0. The van der Waals surface area contributed by atoms with Crippen LogP contribution in [0.25, 0.3) is 0 Å². The van der Waals surface area contributed by atoms with Crippen LogP contribution >= 0.6 is 0 Å². The molecule has 0 saturated carbocycles. The highest BCUT2D eigenvalue weighted by molar-refractivity contribution is 7.91. The number of fused-ring (bicyclic) bond motifs is 1. The van der Waals surface area contributed by atoms with E-state index in [-0.39, 0.29) is 5.69 Å². The Morgan fingerprint density at radius 3 is 2.62 bits per heavy atom. The minimum Gasteiger partial charge on any atom is -0.374 e. The van der Waals surface area contributed by atoms with Gasteiger partial charge in [-0.05, 0) is 36.2 Å². The summed E-state index contributed by atoms with van der Waals surface area (Å²) < 4.78 is 48.4. The highest BCUT2D eigenvalue weighted by Gasteiger charge is 2.29. The fourth-order valence-corrected chi connectivity index (χ4v) is 3.56. The third-order valence-corrected chi connectivity index (χ3v) is 5.60. The van der Waals surface area contributed by atoms with Crippen molar-refractivity contribution in [3.05, 3.63) is 52.1 Å². The Morgan fingerprint density at radius 1 is 1.23 bits per heavy atom. The Kier molecular flexibility index (Phi) is 4.53. The van der Waals surface area contributed by atoms with Crippen LogP contribution in [0.15, 0.2) is 41.3 Å². The number of nitrogens with one attached hydrogen (secondary N) is 1. The second-order valence-electron chi connectivity index (χ2n) is 5.88. The fourth-order valence-electron chi connectivity index (χ4n) is 2.82. The molecule has 0 fully saturated rings. The third-order valence-electron chi connectivity index (χ3n) is 4.22. The van der Waals surface area contributed by atoms with Crippen LogP contribution in [0.1, 0.15) is 5.56 Å². The number of nitro groups is 1. The molecular weight excluding hydrogens is 368 g/mol. The zero-order chi connectivity index (χ0) is 19.1.